The van der Waals surface area contributed by atoms with E-state index in [0.29, 0.717) is 31.2 Å². The number of rotatable bonds is 6. The third kappa shape index (κ3) is 5.15. The fourth-order valence-corrected chi connectivity index (χ4v) is 4.13. The molecular formula is C23H28ClN5O2. The number of aromatic nitrogens is 2. The first-order valence-corrected chi connectivity index (χ1v) is 11.3. The zero-order chi connectivity index (χ0) is 21.8. The van der Waals surface area contributed by atoms with Crippen molar-refractivity contribution in [2.75, 3.05) is 44.2 Å². The van der Waals surface area contributed by atoms with Crippen molar-refractivity contribution in [1.29, 1.82) is 0 Å². The van der Waals surface area contributed by atoms with E-state index in [1.54, 1.807) is 4.90 Å². The number of carbonyl (C=O) groups excluding carboxylic acids is 2. The standard InChI is InChI=1S/C23H28ClN5O2/c1-2-27(23(31)17-8-9-17)16-22(30)29-13-5-12-28(14-15-29)21-11-10-20(25-26-21)18-6-3-4-7-19(18)24/h3-4,6-7,10-11,17H,2,5,8-9,12-16H2,1H3. The van der Waals surface area contributed by atoms with Crippen molar-refractivity contribution < 1.29 is 9.59 Å². The average molecular weight is 442 g/mol. The van der Waals surface area contributed by atoms with Crippen LogP contribution in [0.15, 0.2) is 36.4 Å². The highest BCUT2D eigenvalue weighted by molar-refractivity contribution is 6.33. The van der Waals surface area contributed by atoms with Gasteiger partial charge >= 0.3 is 0 Å². The molecule has 1 saturated carbocycles. The lowest BCUT2D eigenvalue weighted by Gasteiger charge is -2.26. The van der Waals surface area contributed by atoms with Gasteiger partial charge in [-0.1, -0.05) is 29.8 Å². The van der Waals surface area contributed by atoms with Crippen molar-refractivity contribution in [3.05, 3.63) is 41.4 Å². The normalized spacial score (nSPS) is 16.7. The molecule has 1 aliphatic heterocycles. The Morgan fingerprint density at radius 3 is 2.55 bits per heavy atom. The summed E-state index contributed by atoms with van der Waals surface area (Å²) in [6.07, 6.45) is 2.76. The minimum Gasteiger partial charge on any atom is -0.353 e. The largest absolute Gasteiger partial charge is 0.353 e. The maximum atomic E-state index is 12.8. The summed E-state index contributed by atoms with van der Waals surface area (Å²) >= 11 is 6.26. The van der Waals surface area contributed by atoms with Crippen LogP contribution in [0.3, 0.4) is 0 Å². The second-order valence-corrected chi connectivity index (χ2v) is 8.51. The molecule has 2 fully saturated rings. The summed E-state index contributed by atoms with van der Waals surface area (Å²) in [7, 11) is 0. The molecule has 1 aliphatic carbocycles. The van der Waals surface area contributed by atoms with Gasteiger partial charge in [-0.05, 0) is 44.4 Å². The van der Waals surface area contributed by atoms with Gasteiger partial charge in [0.2, 0.25) is 11.8 Å². The summed E-state index contributed by atoms with van der Waals surface area (Å²) in [6, 6.07) is 11.5. The van der Waals surface area contributed by atoms with Crippen LogP contribution in [0.4, 0.5) is 5.82 Å². The maximum Gasteiger partial charge on any atom is 0.242 e. The predicted octanol–water partition coefficient (Wildman–Crippen LogP) is 3.09. The van der Waals surface area contributed by atoms with Crippen molar-refractivity contribution in [3.8, 4) is 11.3 Å². The minimum absolute atomic E-state index is 0.0258. The number of likely N-dealkylation sites (N-methyl/N-ethyl adjacent to an activating group) is 1. The first-order chi connectivity index (χ1) is 15.1. The van der Waals surface area contributed by atoms with E-state index in [4.69, 9.17) is 11.6 Å². The third-order valence-electron chi connectivity index (χ3n) is 5.92. The molecule has 1 aromatic heterocycles. The fraction of sp³-hybridized carbons (Fsp3) is 0.478. The van der Waals surface area contributed by atoms with E-state index in [0.717, 1.165) is 42.9 Å². The number of benzene rings is 1. The Morgan fingerprint density at radius 1 is 1.06 bits per heavy atom. The molecule has 0 unspecified atom stereocenters. The molecule has 0 radical (unpaired) electrons. The van der Waals surface area contributed by atoms with Crippen molar-refractivity contribution in [2.24, 2.45) is 5.92 Å². The van der Waals surface area contributed by atoms with Gasteiger partial charge in [0.1, 0.15) is 0 Å². The van der Waals surface area contributed by atoms with Crippen molar-refractivity contribution in [1.82, 2.24) is 20.0 Å². The van der Waals surface area contributed by atoms with Crippen LogP contribution in [0.25, 0.3) is 11.3 Å². The summed E-state index contributed by atoms with van der Waals surface area (Å²) in [6.45, 7) is 5.49. The lowest BCUT2D eigenvalue weighted by Crippen LogP contribution is -2.44. The molecule has 0 spiro atoms. The Morgan fingerprint density at radius 2 is 1.87 bits per heavy atom. The highest BCUT2D eigenvalue weighted by Gasteiger charge is 2.34. The molecule has 0 bridgehead atoms. The Hall–Kier alpha value is -2.67. The van der Waals surface area contributed by atoms with E-state index in [-0.39, 0.29) is 24.3 Å². The van der Waals surface area contributed by atoms with Gasteiger partial charge in [-0.15, -0.1) is 10.2 Å². The van der Waals surface area contributed by atoms with Gasteiger partial charge in [0.05, 0.1) is 17.3 Å². The van der Waals surface area contributed by atoms with Crippen LogP contribution >= 0.6 is 11.6 Å². The number of carbonyl (C=O) groups is 2. The smallest absolute Gasteiger partial charge is 0.242 e. The Balaban J connectivity index is 1.36. The van der Waals surface area contributed by atoms with Gasteiger partial charge in [0, 0.05) is 44.2 Å². The lowest BCUT2D eigenvalue weighted by molar-refractivity contribution is -0.141. The Bertz CT molecular complexity index is 932. The van der Waals surface area contributed by atoms with E-state index >= 15 is 0 Å². The predicted molar refractivity (Wildman–Crippen MR) is 121 cm³/mol. The van der Waals surface area contributed by atoms with Gasteiger partial charge in [-0.3, -0.25) is 9.59 Å². The van der Waals surface area contributed by atoms with E-state index in [2.05, 4.69) is 15.1 Å². The molecule has 8 heteroatoms. The number of hydrogen-bond donors (Lipinski definition) is 0. The van der Waals surface area contributed by atoms with E-state index in [9.17, 15) is 9.59 Å². The SMILES string of the molecule is CCN(CC(=O)N1CCCN(c2ccc(-c3ccccc3Cl)nn2)CC1)C(=O)C1CC1. The first-order valence-electron chi connectivity index (χ1n) is 11.0. The molecule has 7 nitrogen and oxygen atoms in total. The van der Waals surface area contributed by atoms with Gasteiger partial charge < -0.3 is 14.7 Å². The highest BCUT2D eigenvalue weighted by Crippen LogP contribution is 2.31. The number of hydrogen-bond acceptors (Lipinski definition) is 5. The molecule has 2 heterocycles. The van der Waals surface area contributed by atoms with E-state index in [1.807, 2.05) is 48.2 Å². The number of amides is 2. The lowest BCUT2D eigenvalue weighted by atomic mass is 10.1. The van der Waals surface area contributed by atoms with Crippen molar-refractivity contribution in [2.45, 2.75) is 26.2 Å². The minimum atomic E-state index is 0.0258. The Labute approximate surface area is 188 Å². The molecule has 31 heavy (non-hydrogen) atoms. The molecule has 164 valence electrons. The maximum absolute atomic E-state index is 12.8. The quantitative estimate of drug-likeness (QED) is 0.689. The average Bonchev–Trinajstić information content (AvgIpc) is 3.64. The molecule has 2 aliphatic rings. The number of anilines is 1. The molecule has 2 amide bonds. The van der Waals surface area contributed by atoms with E-state index < -0.39 is 0 Å². The highest BCUT2D eigenvalue weighted by atomic mass is 35.5. The van der Waals surface area contributed by atoms with Crippen LogP contribution < -0.4 is 4.90 Å². The summed E-state index contributed by atoms with van der Waals surface area (Å²) < 4.78 is 0. The molecule has 1 aromatic carbocycles. The molecule has 4 rings (SSSR count). The number of nitrogens with zero attached hydrogens (tertiary/aromatic N) is 5. The first kappa shape index (κ1) is 21.6. The van der Waals surface area contributed by atoms with Crippen LogP contribution in [0.1, 0.15) is 26.2 Å². The zero-order valence-corrected chi connectivity index (χ0v) is 18.6. The van der Waals surface area contributed by atoms with Crippen LogP contribution in [0, 0.1) is 5.92 Å². The molecule has 2 aromatic rings. The molecular weight excluding hydrogens is 414 g/mol. The Kier molecular flexibility index (Phi) is 6.70. The topological polar surface area (TPSA) is 69.6 Å². The van der Waals surface area contributed by atoms with Gasteiger partial charge in [-0.25, -0.2) is 0 Å². The van der Waals surface area contributed by atoms with Crippen LogP contribution in [-0.2, 0) is 9.59 Å². The second kappa shape index (κ2) is 9.64. The van der Waals surface area contributed by atoms with Crippen LogP contribution in [0.5, 0.6) is 0 Å². The van der Waals surface area contributed by atoms with Gasteiger partial charge in [0.25, 0.3) is 0 Å². The van der Waals surface area contributed by atoms with Crippen LogP contribution in [-0.4, -0.2) is 71.1 Å². The summed E-state index contributed by atoms with van der Waals surface area (Å²) in [4.78, 5) is 30.9. The fourth-order valence-electron chi connectivity index (χ4n) is 3.90. The summed E-state index contributed by atoms with van der Waals surface area (Å²) in [5, 5.41) is 9.41. The van der Waals surface area contributed by atoms with Crippen molar-refractivity contribution in [3.63, 3.8) is 0 Å². The van der Waals surface area contributed by atoms with Gasteiger partial charge in [0.15, 0.2) is 5.82 Å². The second-order valence-electron chi connectivity index (χ2n) is 8.10. The van der Waals surface area contributed by atoms with Crippen molar-refractivity contribution >= 4 is 29.2 Å². The summed E-state index contributed by atoms with van der Waals surface area (Å²) in [5.41, 5.74) is 1.60. The monoisotopic (exact) mass is 441 g/mol. The number of halogens is 1. The van der Waals surface area contributed by atoms with Crippen LogP contribution in [0.2, 0.25) is 5.02 Å². The molecule has 0 atom stereocenters. The zero-order valence-electron chi connectivity index (χ0n) is 17.8. The van der Waals surface area contributed by atoms with E-state index in [1.165, 1.54) is 0 Å². The third-order valence-corrected chi connectivity index (χ3v) is 6.25. The molecule has 1 saturated heterocycles. The van der Waals surface area contributed by atoms with Gasteiger partial charge in [-0.2, -0.15) is 0 Å². The summed E-state index contributed by atoms with van der Waals surface area (Å²) in [5.74, 6) is 1.09. The molecule has 0 N–H and O–H groups in total.